The van der Waals surface area contributed by atoms with Gasteiger partial charge in [-0.1, -0.05) is 0 Å². The molecule has 5 nitrogen and oxygen atoms in total. The number of rotatable bonds is 4. The predicted molar refractivity (Wildman–Crippen MR) is 95.7 cm³/mol. The van der Waals surface area contributed by atoms with E-state index < -0.39 is 0 Å². The van der Waals surface area contributed by atoms with Crippen LogP contribution in [0.4, 0.5) is 0 Å². The van der Waals surface area contributed by atoms with E-state index in [1.165, 1.54) is 0 Å². The lowest BCUT2D eigenvalue weighted by Gasteiger charge is -2.27. The molecular weight excluding hydrogens is 314 g/mol. The first-order chi connectivity index (χ1) is 12.2. The zero-order chi connectivity index (χ0) is 17.2. The molecule has 0 bridgehead atoms. The summed E-state index contributed by atoms with van der Waals surface area (Å²) < 4.78 is 7.47. The number of amides is 1. The minimum atomic E-state index is -0.0336. The van der Waals surface area contributed by atoms with Crippen molar-refractivity contribution in [1.29, 1.82) is 0 Å². The summed E-state index contributed by atoms with van der Waals surface area (Å²) in [6, 6.07) is 7.81. The zero-order valence-electron chi connectivity index (χ0n) is 14.4. The number of aromatic nitrogens is 2. The fourth-order valence-electron chi connectivity index (χ4n) is 3.82. The summed E-state index contributed by atoms with van der Waals surface area (Å²) in [6.45, 7) is 2.74. The van der Waals surface area contributed by atoms with Gasteiger partial charge in [-0.3, -0.25) is 4.79 Å². The quantitative estimate of drug-likeness (QED) is 0.784. The van der Waals surface area contributed by atoms with Gasteiger partial charge in [0.25, 0.3) is 5.91 Å². The van der Waals surface area contributed by atoms with Gasteiger partial charge in [0.05, 0.1) is 11.8 Å². The van der Waals surface area contributed by atoms with Gasteiger partial charge in [-0.15, -0.1) is 0 Å². The molecular formula is C20H23N3O2. The lowest BCUT2D eigenvalue weighted by molar-refractivity contribution is 0.0944. The summed E-state index contributed by atoms with van der Waals surface area (Å²) in [6.07, 6.45) is 9.91. The molecule has 3 heterocycles. The largest absolute Gasteiger partial charge is 0.469 e. The first-order valence-corrected chi connectivity index (χ1v) is 8.96. The monoisotopic (exact) mass is 337 g/mol. The molecule has 0 spiro atoms. The van der Waals surface area contributed by atoms with Crippen molar-refractivity contribution >= 4 is 11.6 Å². The smallest absolute Gasteiger partial charge is 0.255 e. The average Bonchev–Trinajstić information content (AvgIpc) is 3.30. The number of carbonyl (C=O) groups excluding carboxylic acids is 1. The minimum absolute atomic E-state index is 0.0336. The Morgan fingerprint density at radius 3 is 2.88 bits per heavy atom. The molecule has 5 heteroatoms. The van der Waals surface area contributed by atoms with Crippen molar-refractivity contribution in [2.45, 2.75) is 38.5 Å². The Morgan fingerprint density at radius 1 is 1.28 bits per heavy atom. The summed E-state index contributed by atoms with van der Waals surface area (Å²) in [5.74, 6) is 2.14. The third-order valence-corrected chi connectivity index (χ3v) is 5.34. The van der Waals surface area contributed by atoms with E-state index in [2.05, 4.69) is 16.4 Å². The topological polar surface area (TPSA) is 59.5 Å². The summed E-state index contributed by atoms with van der Waals surface area (Å²) in [4.78, 5) is 16.9. The van der Waals surface area contributed by atoms with E-state index >= 15 is 0 Å². The van der Waals surface area contributed by atoms with Crippen LogP contribution in [0, 0.1) is 12.8 Å². The molecule has 25 heavy (non-hydrogen) atoms. The molecule has 1 saturated carbocycles. The van der Waals surface area contributed by atoms with E-state index in [0.29, 0.717) is 17.4 Å². The van der Waals surface area contributed by atoms with Gasteiger partial charge in [0.2, 0.25) is 0 Å². The van der Waals surface area contributed by atoms with Crippen LogP contribution in [0.5, 0.6) is 0 Å². The number of furan rings is 1. The highest BCUT2D eigenvalue weighted by Gasteiger charge is 2.24. The summed E-state index contributed by atoms with van der Waals surface area (Å²) >= 11 is 0. The highest BCUT2D eigenvalue weighted by Crippen LogP contribution is 2.35. The SMILES string of the molecule is Cc1ccnc2c(C(=O)NCC3CCC(c4ccco4)CC3)ccn12. The number of aryl methyl sites for hydroxylation is 1. The highest BCUT2D eigenvalue weighted by atomic mass is 16.3. The van der Waals surface area contributed by atoms with Crippen molar-refractivity contribution in [3.05, 3.63) is 59.9 Å². The van der Waals surface area contributed by atoms with Gasteiger partial charge in [0, 0.05) is 30.6 Å². The molecule has 1 aliphatic rings. The number of fused-ring (bicyclic) bond motifs is 1. The minimum Gasteiger partial charge on any atom is -0.469 e. The van der Waals surface area contributed by atoms with E-state index in [1.807, 2.05) is 35.7 Å². The summed E-state index contributed by atoms with van der Waals surface area (Å²) in [5.41, 5.74) is 2.44. The number of nitrogens with zero attached hydrogens (tertiary/aromatic N) is 2. The second-order valence-corrected chi connectivity index (χ2v) is 6.95. The highest BCUT2D eigenvalue weighted by molar-refractivity contribution is 6.00. The van der Waals surface area contributed by atoms with Crippen LogP contribution >= 0.6 is 0 Å². The molecule has 3 aromatic heterocycles. The fraction of sp³-hybridized carbons (Fsp3) is 0.400. The Bertz CT molecular complexity index is 858. The Labute approximate surface area is 147 Å². The van der Waals surface area contributed by atoms with Crippen molar-refractivity contribution in [3.8, 4) is 0 Å². The van der Waals surface area contributed by atoms with Crippen molar-refractivity contribution in [2.24, 2.45) is 5.92 Å². The lowest BCUT2D eigenvalue weighted by Crippen LogP contribution is -2.31. The van der Waals surface area contributed by atoms with Crippen LogP contribution < -0.4 is 5.32 Å². The maximum atomic E-state index is 12.5. The van der Waals surface area contributed by atoms with Crippen molar-refractivity contribution in [2.75, 3.05) is 6.54 Å². The van der Waals surface area contributed by atoms with Gasteiger partial charge in [0.15, 0.2) is 0 Å². The molecule has 1 fully saturated rings. The van der Waals surface area contributed by atoms with Crippen molar-refractivity contribution in [1.82, 2.24) is 14.7 Å². The molecule has 130 valence electrons. The molecule has 1 N–H and O–H groups in total. The van der Waals surface area contributed by atoms with E-state index in [0.717, 1.165) is 49.3 Å². The Morgan fingerprint density at radius 2 is 2.12 bits per heavy atom. The Hall–Kier alpha value is -2.56. The van der Waals surface area contributed by atoms with Crippen LogP contribution in [-0.4, -0.2) is 21.8 Å². The number of carbonyl (C=O) groups is 1. The number of hydrogen-bond donors (Lipinski definition) is 1. The molecule has 0 unspecified atom stereocenters. The first kappa shape index (κ1) is 15.9. The molecule has 0 saturated heterocycles. The Balaban J connectivity index is 1.34. The zero-order valence-corrected chi connectivity index (χ0v) is 14.4. The van der Waals surface area contributed by atoms with E-state index in [1.54, 1.807) is 12.5 Å². The van der Waals surface area contributed by atoms with E-state index in [4.69, 9.17) is 4.42 Å². The lowest BCUT2D eigenvalue weighted by atomic mass is 9.81. The average molecular weight is 337 g/mol. The molecule has 0 radical (unpaired) electrons. The third kappa shape index (κ3) is 3.18. The summed E-state index contributed by atoms with van der Waals surface area (Å²) in [5, 5.41) is 3.10. The first-order valence-electron chi connectivity index (χ1n) is 8.96. The van der Waals surface area contributed by atoms with Gasteiger partial charge in [-0.05, 0) is 62.8 Å². The molecule has 1 aliphatic carbocycles. The van der Waals surface area contributed by atoms with Crippen LogP contribution in [0.15, 0.2) is 47.3 Å². The van der Waals surface area contributed by atoms with E-state index in [-0.39, 0.29) is 5.91 Å². The second-order valence-electron chi connectivity index (χ2n) is 6.95. The van der Waals surface area contributed by atoms with Gasteiger partial charge in [-0.25, -0.2) is 4.98 Å². The van der Waals surface area contributed by atoms with Crippen molar-refractivity contribution < 1.29 is 9.21 Å². The van der Waals surface area contributed by atoms with Crippen LogP contribution in [0.2, 0.25) is 0 Å². The molecule has 4 rings (SSSR count). The normalized spacial score (nSPS) is 20.7. The van der Waals surface area contributed by atoms with Gasteiger partial charge >= 0.3 is 0 Å². The number of nitrogens with one attached hydrogen (secondary N) is 1. The van der Waals surface area contributed by atoms with Crippen LogP contribution in [0.25, 0.3) is 5.65 Å². The fourth-order valence-corrected chi connectivity index (χ4v) is 3.82. The maximum Gasteiger partial charge on any atom is 0.255 e. The third-order valence-electron chi connectivity index (χ3n) is 5.34. The summed E-state index contributed by atoms with van der Waals surface area (Å²) in [7, 11) is 0. The molecule has 1 amide bonds. The number of hydrogen-bond acceptors (Lipinski definition) is 3. The molecule has 0 atom stereocenters. The predicted octanol–water partition coefficient (Wildman–Crippen LogP) is 3.94. The Kier molecular flexibility index (Phi) is 4.30. The maximum absolute atomic E-state index is 12.5. The van der Waals surface area contributed by atoms with Crippen molar-refractivity contribution in [3.63, 3.8) is 0 Å². The molecule has 0 aliphatic heterocycles. The van der Waals surface area contributed by atoms with Gasteiger partial charge in [-0.2, -0.15) is 0 Å². The molecule has 0 aromatic carbocycles. The standard InChI is InChI=1S/C20H23N3O2/c1-14-8-10-21-19-17(9-11-23(14)19)20(24)22-13-15-4-6-16(7-5-15)18-3-2-12-25-18/h2-3,8-12,15-16H,4-7,13H2,1H3,(H,22,24). The molecule has 3 aromatic rings. The van der Waals surface area contributed by atoms with Crippen LogP contribution in [0.1, 0.15) is 53.4 Å². The van der Waals surface area contributed by atoms with Gasteiger partial charge < -0.3 is 14.1 Å². The van der Waals surface area contributed by atoms with Crippen LogP contribution in [-0.2, 0) is 0 Å². The van der Waals surface area contributed by atoms with Crippen LogP contribution in [0.3, 0.4) is 0 Å². The van der Waals surface area contributed by atoms with E-state index in [9.17, 15) is 4.79 Å². The van der Waals surface area contributed by atoms with Gasteiger partial charge in [0.1, 0.15) is 11.4 Å². The second kappa shape index (κ2) is 6.75.